The largest absolute Gasteiger partial charge is 0.496 e. The van der Waals surface area contributed by atoms with Gasteiger partial charge < -0.3 is 14.8 Å². The van der Waals surface area contributed by atoms with Crippen LogP contribution in [0.25, 0.3) is 0 Å². The van der Waals surface area contributed by atoms with Crippen molar-refractivity contribution in [1.29, 1.82) is 0 Å². The number of hydrogen-bond donors (Lipinski definition) is 1. The minimum atomic E-state index is 0.166. The quantitative estimate of drug-likeness (QED) is 0.919. The molecule has 1 N–H and O–H groups in total. The van der Waals surface area contributed by atoms with Crippen molar-refractivity contribution in [2.75, 3.05) is 40.4 Å². The van der Waals surface area contributed by atoms with Gasteiger partial charge in [-0.1, -0.05) is 6.07 Å². The predicted octanol–water partition coefficient (Wildman–Crippen LogP) is 2.76. The molecule has 2 aromatic rings. The number of ether oxygens (including phenoxy) is 2. The molecule has 1 unspecified atom stereocenters. The number of thiophene rings is 1. The van der Waals surface area contributed by atoms with Crippen LogP contribution in [-0.2, 0) is 0 Å². The molecule has 1 aromatic heterocycles. The zero-order valence-electron chi connectivity index (χ0n) is 13.0. The van der Waals surface area contributed by atoms with E-state index in [2.05, 4.69) is 27.0 Å². The summed E-state index contributed by atoms with van der Waals surface area (Å²) in [5.74, 6) is 1.77. The molecule has 118 valence electrons. The van der Waals surface area contributed by atoms with Crippen LogP contribution in [0.1, 0.15) is 17.2 Å². The molecular weight excluding hydrogens is 296 g/mol. The molecule has 0 radical (unpaired) electrons. The van der Waals surface area contributed by atoms with Crippen LogP contribution in [-0.4, -0.2) is 45.3 Å². The Morgan fingerprint density at radius 1 is 1.09 bits per heavy atom. The molecule has 5 heteroatoms. The van der Waals surface area contributed by atoms with Crippen molar-refractivity contribution in [3.8, 4) is 11.5 Å². The van der Waals surface area contributed by atoms with Crippen LogP contribution < -0.4 is 14.8 Å². The molecule has 0 saturated carbocycles. The maximum absolute atomic E-state index is 5.64. The molecule has 3 rings (SSSR count). The van der Waals surface area contributed by atoms with Crippen LogP contribution in [0.15, 0.2) is 35.0 Å². The number of hydrogen-bond acceptors (Lipinski definition) is 5. The fourth-order valence-corrected chi connectivity index (χ4v) is 3.76. The molecule has 1 saturated heterocycles. The first kappa shape index (κ1) is 15.3. The Kier molecular flexibility index (Phi) is 4.97. The van der Waals surface area contributed by atoms with Gasteiger partial charge in [0.15, 0.2) is 0 Å². The van der Waals surface area contributed by atoms with Gasteiger partial charge in [-0.2, -0.15) is 11.3 Å². The lowest BCUT2D eigenvalue weighted by molar-refractivity contribution is 0.192. The van der Waals surface area contributed by atoms with Crippen molar-refractivity contribution >= 4 is 11.3 Å². The summed E-state index contributed by atoms with van der Waals surface area (Å²) in [4.78, 5) is 2.50. The lowest BCUT2D eigenvalue weighted by Gasteiger charge is -2.36. The Hall–Kier alpha value is -1.56. The van der Waals surface area contributed by atoms with Gasteiger partial charge in [0.2, 0.25) is 0 Å². The van der Waals surface area contributed by atoms with Gasteiger partial charge in [-0.05, 0) is 34.5 Å². The van der Waals surface area contributed by atoms with E-state index >= 15 is 0 Å². The number of nitrogens with zero attached hydrogens (tertiary/aromatic N) is 1. The third kappa shape index (κ3) is 2.97. The van der Waals surface area contributed by atoms with E-state index in [1.54, 1.807) is 25.6 Å². The minimum absolute atomic E-state index is 0.166. The maximum Gasteiger partial charge on any atom is 0.127 e. The molecule has 1 aliphatic heterocycles. The van der Waals surface area contributed by atoms with E-state index in [-0.39, 0.29) is 6.04 Å². The van der Waals surface area contributed by atoms with Gasteiger partial charge in [-0.25, -0.2) is 0 Å². The average Bonchev–Trinajstić information content (AvgIpc) is 3.10. The van der Waals surface area contributed by atoms with Crippen molar-refractivity contribution in [3.05, 3.63) is 46.2 Å². The van der Waals surface area contributed by atoms with Crippen LogP contribution in [0, 0.1) is 0 Å². The first-order chi connectivity index (χ1) is 10.8. The zero-order chi connectivity index (χ0) is 15.4. The van der Waals surface area contributed by atoms with Crippen LogP contribution in [0.3, 0.4) is 0 Å². The second-order valence-electron chi connectivity index (χ2n) is 5.32. The first-order valence-electron chi connectivity index (χ1n) is 7.53. The van der Waals surface area contributed by atoms with Gasteiger partial charge in [0.1, 0.15) is 11.5 Å². The summed E-state index contributed by atoms with van der Waals surface area (Å²) in [6, 6.07) is 8.37. The Labute approximate surface area is 135 Å². The Bertz CT molecular complexity index is 572. The summed E-state index contributed by atoms with van der Waals surface area (Å²) in [6.07, 6.45) is 0. The number of methoxy groups -OCH3 is 2. The van der Waals surface area contributed by atoms with Crippen molar-refractivity contribution in [2.24, 2.45) is 0 Å². The van der Waals surface area contributed by atoms with E-state index in [0.717, 1.165) is 43.2 Å². The van der Waals surface area contributed by atoms with Gasteiger partial charge in [0.25, 0.3) is 0 Å². The Morgan fingerprint density at radius 2 is 1.77 bits per heavy atom. The van der Waals surface area contributed by atoms with Gasteiger partial charge in [0.05, 0.1) is 25.8 Å². The number of benzene rings is 1. The second-order valence-corrected chi connectivity index (χ2v) is 6.10. The molecule has 0 amide bonds. The third-order valence-corrected chi connectivity index (χ3v) is 4.82. The minimum Gasteiger partial charge on any atom is -0.496 e. The van der Waals surface area contributed by atoms with Crippen molar-refractivity contribution in [1.82, 2.24) is 10.2 Å². The number of nitrogens with one attached hydrogen (secondary N) is 1. The zero-order valence-corrected chi connectivity index (χ0v) is 13.9. The summed E-state index contributed by atoms with van der Waals surface area (Å²) in [5.41, 5.74) is 2.42. The molecule has 0 spiro atoms. The second kappa shape index (κ2) is 7.13. The smallest absolute Gasteiger partial charge is 0.127 e. The molecule has 1 aliphatic rings. The highest BCUT2D eigenvalue weighted by molar-refractivity contribution is 7.08. The standard InChI is InChI=1S/C17H22N2O2S/c1-20-14-4-3-5-15(21-2)16(14)17(13-6-11-22-12-13)19-9-7-18-8-10-19/h3-6,11-12,17-18H,7-10H2,1-2H3. The van der Waals surface area contributed by atoms with E-state index in [9.17, 15) is 0 Å². The maximum atomic E-state index is 5.64. The van der Waals surface area contributed by atoms with E-state index in [1.165, 1.54) is 5.56 Å². The Balaban J connectivity index is 2.09. The fraction of sp³-hybridized carbons (Fsp3) is 0.412. The lowest BCUT2D eigenvalue weighted by atomic mass is 9.96. The topological polar surface area (TPSA) is 33.7 Å². The molecule has 1 fully saturated rings. The normalized spacial score (nSPS) is 17.2. The molecule has 4 nitrogen and oxygen atoms in total. The first-order valence-corrected chi connectivity index (χ1v) is 8.47. The molecule has 2 heterocycles. The molecule has 1 atom stereocenters. The van der Waals surface area contributed by atoms with Crippen molar-refractivity contribution < 1.29 is 9.47 Å². The molecular formula is C17H22N2O2S. The van der Waals surface area contributed by atoms with Crippen LogP contribution in [0.2, 0.25) is 0 Å². The number of piperazine rings is 1. The lowest BCUT2D eigenvalue weighted by Crippen LogP contribution is -2.45. The summed E-state index contributed by atoms with van der Waals surface area (Å²) >= 11 is 1.73. The van der Waals surface area contributed by atoms with Crippen molar-refractivity contribution in [2.45, 2.75) is 6.04 Å². The summed E-state index contributed by atoms with van der Waals surface area (Å²) in [7, 11) is 3.45. The van der Waals surface area contributed by atoms with Crippen LogP contribution >= 0.6 is 11.3 Å². The molecule has 0 bridgehead atoms. The Morgan fingerprint density at radius 3 is 2.32 bits per heavy atom. The average molecular weight is 318 g/mol. The highest BCUT2D eigenvalue weighted by atomic mass is 32.1. The predicted molar refractivity (Wildman–Crippen MR) is 90.2 cm³/mol. The van der Waals surface area contributed by atoms with Gasteiger partial charge in [-0.3, -0.25) is 4.90 Å². The van der Waals surface area contributed by atoms with E-state index < -0.39 is 0 Å². The fourth-order valence-electron chi connectivity index (χ4n) is 3.08. The summed E-state index contributed by atoms with van der Waals surface area (Å²) in [5, 5.41) is 7.77. The van der Waals surface area contributed by atoms with Gasteiger partial charge in [-0.15, -0.1) is 0 Å². The highest BCUT2D eigenvalue weighted by Gasteiger charge is 2.29. The molecule has 0 aliphatic carbocycles. The van der Waals surface area contributed by atoms with E-state index in [0.29, 0.717) is 0 Å². The SMILES string of the molecule is COc1cccc(OC)c1C(c1ccsc1)N1CCNCC1. The summed E-state index contributed by atoms with van der Waals surface area (Å²) in [6.45, 7) is 4.06. The molecule has 1 aromatic carbocycles. The third-order valence-electron chi connectivity index (χ3n) is 4.12. The van der Waals surface area contributed by atoms with Gasteiger partial charge in [0, 0.05) is 26.2 Å². The van der Waals surface area contributed by atoms with Crippen molar-refractivity contribution in [3.63, 3.8) is 0 Å². The van der Waals surface area contributed by atoms with Gasteiger partial charge >= 0.3 is 0 Å². The van der Waals surface area contributed by atoms with Crippen LogP contribution in [0.5, 0.6) is 11.5 Å². The van der Waals surface area contributed by atoms with E-state index in [4.69, 9.17) is 9.47 Å². The highest BCUT2D eigenvalue weighted by Crippen LogP contribution is 2.41. The monoisotopic (exact) mass is 318 g/mol. The summed E-state index contributed by atoms with van der Waals surface area (Å²) < 4.78 is 11.3. The van der Waals surface area contributed by atoms with E-state index in [1.807, 2.05) is 18.2 Å². The molecule has 22 heavy (non-hydrogen) atoms. The van der Waals surface area contributed by atoms with Crippen LogP contribution in [0.4, 0.5) is 0 Å². The number of rotatable bonds is 5.